The number of H-pyrrole nitrogens is 1. The molecular weight excluding hydrogens is 242 g/mol. The van der Waals surface area contributed by atoms with Gasteiger partial charge in [-0.15, -0.1) is 0 Å². The molecule has 1 aromatic rings. The number of carbonyl (C=O) groups is 1. The van der Waals surface area contributed by atoms with Crippen molar-refractivity contribution in [1.29, 1.82) is 0 Å². The van der Waals surface area contributed by atoms with Gasteiger partial charge in [0.25, 0.3) is 11.8 Å². The molecule has 98 valence electrons. The number of nitrogens with zero attached hydrogens (tertiary/aromatic N) is 1. The minimum atomic E-state index is -2.68. The van der Waals surface area contributed by atoms with Gasteiger partial charge in [0, 0.05) is 43.8 Å². The third-order valence-electron chi connectivity index (χ3n) is 2.99. The molecule has 1 N–H and O–H groups in total. The summed E-state index contributed by atoms with van der Waals surface area (Å²) in [6.07, 6.45) is -0.649. The highest BCUT2D eigenvalue weighted by Crippen LogP contribution is 2.28. The van der Waals surface area contributed by atoms with E-state index in [0.717, 1.165) is 0 Å². The smallest absolute Gasteiger partial charge is 0.270 e. The number of piperidine rings is 1. The highest BCUT2D eigenvalue weighted by Gasteiger charge is 2.35. The van der Waals surface area contributed by atoms with Crippen molar-refractivity contribution in [3.05, 3.63) is 33.7 Å². The monoisotopic (exact) mass is 256 g/mol. The lowest BCUT2D eigenvalue weighted by molar-refractivity contribution is -0.0495. The fourth-order valence-corrected chi connectivity index (χ4v) is 2.00. The van der Waals surface area contributed by atoms with Crippen LogP contribution in [-0.2, 0) is 0 Å². The summed E-state index contributed by atoms with van der Waals surface area (Å²) in [6.45, 7) is 1.70. The molecule has 4 nitrogen and oxygen atoms in total. The number of carbonyl (C=O) groups excluding carboxylic acids is 1. The van der Waals surface area contributed by atoms with E-state index in [-0.39, 0.29) is 37.1 Å². The molecule has 2 heterocycles. The second-order valence-electron chi connectivity index (χ2n) is 4.56. The van der Waals surface area contributed by atoms with Gasteiger partial charge in [0.1, 0.15) is 5.69 Å². The number of hydrogen-bond donors (Lipinski definition) is 1. The molecule has 0 spiro atoms. The molecule has 0 saturated carbocycles. The number of aryl methyl sites for hydroxylation is 1. The van der Waals surface area contributed by atoms with Gasteiger partial charge in [0.05, 0.1) is 0 Å². The summed E-state index contributed by atoms with van der Waals surface area (Å²) in [5.74, 6) is -3.08. The van der Waals surface area contributed by atoms with Crippen LogP contribution < -0.4 is 5.43 Å². The Hall–Kier alpha value is -1.72. The van der Waals surface area contributed by atoms with Gasteiger partial charge in [-0.3, -0.25) is 9.59 Å². The van der Waals surface area contributed by atoms with Crippen molar-refractivity contribution in [3.8, 4) is 0 Å². The van der Waals surface area contributed by atoms with Crippen LogP contribution in [0.2, 0.25) is 0 Å². The lowest BCUT2D eigenvalue weighted by Gasteiger charge is -2.31. The number of alkyl halides is 2. The first-order valence-corrected chi connectivity index (χ1v) is 5.75. The van der Waals surface area contributed by atoms with Crippen LogP contribution in [0.15, 0.2) is 16.9 Å². The van der Waals surface area contributed by atoms with Gasteiger partial charge < -0.3 is 9.88 Å². The Morgan fingerprint density at radius 3 is 2.50 bits per heavy atom. The highest BCUT2D eigenvalue weighted by atomic mass is 19.3. The molecule has 0 unspecified atom stereocenters. The Morgan fingerprint density at radius 1 is 1.33 bits per heavy atom. The van der Waals surface area contributed by atoms with Gasteiger partial charge in [-0.2, -0.15) is 0 Å². The molecule has 1 amide bonds. The Labute approximate surface area is 103 Å². The molecule has 0 aromatic carbocycles. The minimum absolute atomic E-state index is 0.0157. The molecule has 6 heteroatoms. The predicted molar refractivity (Wildman–Crippen MR) is 61.9 cm³/mol. The van der Waals surface area contributed by atoms with E-state index in [9.17, 15) is 18.4 Å². The van der Waals surface area contributed by atoms with Gasteiger partial charge in [0.2, 0.25) is 0 Å². The third-order valence-corrected chi connectivity index (χ3v) is 2.99. The fraction of sp³-hybridized carbons (Fsp3) is 0.500. The SMILES string of the molecule is Cc1cc(=O)cc(C(=O)N2CCC(F)(F)CC2)[nH]1. The fourth-order valence-electron chi connectivity index (χ4n) is 2.00. The van der Waals surface area contributed by atoms with Crippen molar-refractivity contribution in [2.75, 3.05) is 13.1 Å². The number of pyridine rings is 1. The summed E-state index contributed by atoms with van der Waals surface area (Å²) in [5.41, 5.74) is 0.468. The van der Waals surface area contributed by atoms with Crippen LogP contribution in [0.25, 0.3) is 0 Å². The van der Waals surface area contributed by atoms with E-state index >= 15 is 0 Å². The van der Waals surface area contributed by atoms with Crippen LogP contribution in [0.4, 0.5) is 8.78 Å². The van der Waals surface area contributed by atoms with Gasteiger partial charge in [-0.25, -0.2) is 8.78 Å². The minimum Gasteiger partial charge on any atom is -0.354 e. The largest absolute Gasteiger partial charge is 0.354 e. The number of aromatic amines is 1. The molecule has 0 radical (unpaired) electrons. The first-order valence-electron chi connectivity index (χ1n) is 5.75. The van der Waals surface area contributed by atoms with Crippen molar-refractivity contribution in [1.82, 2.24) is 9.88 Å². The van der Waals surface area contributed by atoms with E-state index in [1.165, 1.54) is 17.0 Å². The molecule has 1 fully saturated rings. The topological polar surface area (TPSA) is 53.2 Å². The lowest BCUT2D eigenvalue weighted by Crippen LogP contribution is -2.43. The van der Waals surface area contributed by atoms with Crippen LogP contribution >= 0.6 is 0 Å². The zero-order valence-electron chi connectivity index (χ0n) is 10.0. The normalized spacial score (nSPS) is 18.7. The maximum absolute atomic E-state index is 13.0. The molecule has 1 aliphatic heterocycles. The molecule has 0 atom stereocenters. The first-order chi connectivity index (χ1) is 8.37. The summed E-state index contributed by atoms with van der Waals surface area (Å²) in [6, 6.07) is 2.57. The van der Waals surface area contributed by atoms with Gasteiger partial charge in [-0.1, -0.05) is 0 Å². The van der Waals surface area contributed by atoms with Crippen molar-refractivity contribution < 1.29 is 13.6 Å². The molecular formula is C12H14F2N2O2. The number of rotatable bonds is 1. The van der Waals surface area contributed by atoms with Gasteiger partial charge >= 0.3 is 0 Å². The summed E-state index contributed by atoms with van der Waals surface area (Å²) in [5, 5.41) is 0. The summed E-state index contributed by atoms with van der Waals surface area (Å²) >= 11 is 0. The van der Waals surface area contributed by atoms with Crippen molar-refractivity contribution >= 4 is 5.91 Å². The number of hydrogen-bond acceptors (Lipinski definition) is 2. The molecule has 1 aromatic heterocycles. The van der Waals surface area contributed by atoms with E-state index in [2.05, 4.69) is 4.98 Å². The molecule has 1 aliphatic rings. The highest BCUT2D eigenvalue weighted by molar-refractivity contribution is 5.92. The van der Waals surface area contributed by atoms with Gasteiger partial charge in [0.15, 0.2) is 5.43 Å². The zero-order valence-corrected chi connectivity index (χ0v) is 10.0. The van der Waals surface area contributed by atoms with Crippen LogP contribution in [0.1, 0.15) is 29.0 Å². The van der Waals surface area contributed by atoms with Crippen LogP contribution in [0, 0.1) is 6.92 Å². The quantitative estimate of drug-likeness (QED) is 0.829. The molecule has 0 aliphatic carbocycles. The maximum Gasteiger partial charge on any atom is 0.270 e. The first kappa shape index (κ1) is 12.7. The number of likely N-dealkylation sites (tertiary alicyclic amines) is 1. The van der Waals surface area contributed by atoms with E-state index in [1.807, 2.05) is 0 Å². The molecule has 2 rings (SSSR count). The predicted octanol–water partition coefficient (Wildman–Crippen LogP) is 1.55. The summed E-state index contributed by atoms with van der Waals surface area (Å²) < 4.78 is 26.0. The van der Waals surface area contributed by atoms with E-state index in [1.54, 1.807) is 6.92 Å². The molecule has 0 bridgehead atoms. The third kappa shape index (κ3) is 2.75. The standard InChI is InChI=1S/C12H14F2N2O2/c1-8-6-9(17)7-10(15-8)11(18)16-4-2-12(13,14)3-5-16/h6-7H,2-5H2,1H3,(H,15,17). The number of halogens is 2. The Bertz CT molecular complexity index is 515. The van der Waals surface area contributed by atoms with Crippen molar-refractivity contribution in [3.63, 3.8) is 0 Å². The number of nitrogens with one attached hydrogen (secondary N) is 1. The van der Waals surface area contributed by atoms with Crippen molar-refractivity contribution in [2.45, 2.75) is 25.7 Å². The summed E-state index contributed by atoms with van der Waals surface area (Å²) in [4.78, 5) is 27.5. The summed E-state index contributed by atoms with van der Waals surface area (Å²) in [7, 11) is 0. The maximum atomic E-state index is 13.0. The van der Waals surface area contributed by atoms with Crippen LogP contribution in [0.5, 0.6) is 0 Å². The Balaban J connectivity index is 2.15. The number of aromatic nitrogens is 1. The van der Waals surface area contributed by atoms with Crippen molar-refractivity contribution in [2.24, 2.45) is 0 Å². The van der Waals surface area contributed by atoms with E-state index < -0.39 is 11.8 Å². The molecule has 18 heavy (non-hydrogen) atoms. The zero-order chi connectivity index (χ0) is 13.3. The van der Waals surface area contributed by atoms with Crippen LogP contribution in [-0.4, -0.2) is 34.8 Å². The Kier molecular flexibility index (Phi) is 3.19. The average molecular weight is 256 g/mol. The molecule has 1 saturated heterocycles. The average Bonchev–Trinajstić information content (AvgIpc) is 2.27. The van der Waals surface area contributed by atoms with E-state index in [0.29, 0.717) is 5.69 Å². The van der Waals surface area contributed by atoms with Gasteiger partial charge in [-0.05, 0) is 6.92 Å². The van der Waals surface area contributed by atoms with Crippen LogP contribution in [0.3, 0.4) is 0 Å². The lowest BCUT2D eigenvalue weighted by atomic mass is 10.1. The number of amides is 1. The Morgan fingerprint density at radius 2 is 1.94 bits per heavy atom. The second-order valence-corrected chi connectivity index (χ2v) is 4.56. The second kappa shape index (κ2) is 4.51. The van der Waals surface area contributed by atoms with E-state index in [4.69, 9.17) is 0 Å².